The lowest BCUT2D eigenvalue weighted by atomic mass is 10.0. The number of rotatable bonds is 5. The molecule has 0 aliphatic heterocycles. The summed E-state index contributed by atoms with van der Waals surface area (Å²) in [4.78, 5) is 0. The number of aliphatic hydroxyl groups is 1. The topological polar surface area (TPSA) is 55.5 Å². The summed E-state index contributed by atoms with van der Waals surface area (Å²) in [5, 5.41) is 10.7. The van der Waals surface area contributed by atoms with Gasteiger partial charge in [-0.05, 0) is 54.8 Å². The summed E-state index contributed by atoms with van der Waals surface area (Å²) in [6.07, 6.45) is -0.658. The highest BCUT2D eigenvalue weighted by molar-refractivity contribution is 6.30. The molecule has 0 heterocycles. The molecule has 0 saturated carbocycles. The summed E-state index contributed by atoms with van der Waals surface area (Å²) in [6, 6.07) is 12.9. The Labute approximate surface area is 130 Å². The van der Waals surface area contributed by atoms with E-state index in [1.807, 2.05) is 49.4 Å². The first-order valence-electron chi connectivity index (χ1n) is 6.89. The van der Waals surface area contributed by atoms with Crippen LogP contribution in [0.4, 0.5) is 0 Å². The highest BCUT2D eigenvalue weighted by Crippen LogP contribution is 2.25. The molecule has 0 aliphatic rings. The molecule has 3 nitrogen and oxygen atoms in total. The first kappa shape index (κ1) is 15.8. The van der Waals surface area contributed by atoms with Crippen LogP contribution in [-0.4, -0.2) is 11.1 Å². The van der Waals surface area contributed by atoms with Crippen LogP contribution in [0.5, 0.6) is 5.75 Å². The fourth-order valence-electron chi connectivity index (χ4n) is 2.06. The Morgan fingerprint density at radius 2 is 1.86 bits per heavy atom. The van der Waals surface area contributed by atoms with E-state index in [1.54, 1.807) is 6.92 Å². The molecule has 4 heteroatoms. The van der Waals surface area contributed by atoms with Crippen LogP contribution in [0.15, 0.2) is 42.5 Å². The van der Waals surface area contributed by atoms with Crippen LogP contribution in [0.1, 0.15) is 29.7 Å². The molecular formula is C17H20ClNO2. The largest absolute Gasteiger partial charge is 0.489 e. The standard InChI is InChI=1S/C17H20ClNO2/c1-11-9-14(17(20)12(2)19)5-8-16(11)21-10-13-3-6-15(18)7-4-13/h3-9,12,17,20H,10,19H2,1-2H3. The maximum absolute atomic E-state index is 9.97. The van der Waals surface area contributed by atoms with Crippen LogP contribution in [0, 0.1) is 6.92 Å². The number of ether oxygens (including phenoxy) is 1. The van der Waals surface area contributed by atoms with Gasteiger partial charge < -0.3 is 15.6 Å². The quantitative estimate of drug-likeness (QED) is 0.887. The number of aryl methyl sites for hydroxylation is 1. The SMILES string of the molecule is Cc1cc(C(O)C(C)N)ccc1OCc1ccc(Cl)cc1. The monoisotopic (exact) mass is 305 g/mol. The van der Waals surface area contributed by atoms with Crippen LogP contribution in [0.25, 0.3) is 0 Å². The third kappa shape index (κ3) is 4.21. The molecule has 2 aromatic carbocycles. The Kier molecular flexibility index (Phi) is 5.23. The molecule has 2 aromatic rings. The Bertz CT molecular complexity index is 596. The van der Waals surface area contributed by atoms with Crippen LogP contribution in [0.2, 0.25) is 5.02 Å². The van der Waals surface area contributed by atoms with E-state index < -0.39 is 6.10 Å². The van der Waals surface area contributed by atoms with E-state index in [0.717, 1.165) is 22.4 Å². The minimum atomic E-state index is -0.658. The normalized spacial score (nSPS) is 13.8. The van der Waals surface area contributed by atoms with Crippen molar-refractivity contribution in [2.45, 2.75) is 32.6 Å². The lowest BCUT2D eigenvalue weighted by molar-refractivity contribution is 0.153. The number of hydrogen-bond donors (Lipinski definition) is 2. The molecule has 0 bridgehead atoms. The molecule has 0 amide bonds. The molecular weight excluding hydrogens is 286 g/mol. The van der Waals surface area contributed by atoms with Crippen molar-refractivity contribution < 1.29 is 9.84 Å². The second kappa shape index (κ2) is 6.94. The van der Waals surface area contributed by atoms with Gasteiger partial charge in [0.25, 0.3) is 0 Å². The van der Waals surface area contributed by atoms with E-state index in [4.69, 9.17) is 22.1 Å². The minimum Gasteiger partial charge on any atom is -0.489 e. The van der Waals surface area contributed by atoms with Crippen molar-refractivity contribution in [2.24, 2.45) is 5.73 Å². The predicted molar refractivity (Wildman–Crippen MR) is 85.6 cm³/mol. The number of aliphatic hydroxyl groups excluding tert-OH is 1. The highest BCUT2D eigenvalue weighted by Gasteiger charge is 2.13. The number of nitrogens with two attached hydrogens (primary N) is 1. The summed E-state index contributed by atoms with van der Waals surface area (Å²) < 4.78 is 5.80. The third-order valence-corrected chi connectivity index (χ3v) is 3.60. The van der Waals surface area contributed by atoms with E-state index in [2.05, 4.69) is 0 Å². The predicted octanol–water partition coefficient (Wildman–Crippen LogP) is 3.61. The maximum Gasteiger partial charge on any atom is 0.122 e. The van der Waals surface area contributed by atoms with Gasteiger partial charge in [0.1, 0.15) is 12.4 Å². The van der Waals surface area contributed by atoms with Gasteiger partial charge in [0, 0.05) is 11.1 Å². The Hall–Kier alpha value is -1.55. The van der Waals surface area contributed by atoms with E-state index >= 15 is 0 Å². The molecule has 2 rings (SSSR count). The molecule has 3 N–H and O–H groups in total. The van der Waals surface area contributed by atoms with E-state index in [1.165, 1.54) is 0 Å². The Balaban J connectivity index is 2.05. The van der Waals surface area contributed by atoms with Gasteiger partial charge >= 0.3 is 0 Å². The summed E-state index contributed by atoms with van der Waals surface area (Å²) in [6.45, 7) is 4.22. The molecule has 0 fully saturated rings. The van der Waals surface area contributed by atoms with Gasteiger partial charge in [0.2, 0.25) is 0 Å². The molecule has 0 radical (unpaired) electrons. The van der Waals surface area contributed by atoms with Crippen LogP contribution >= 0.6 is 11.6 Å². The molecule has 0 aromatic heterocycles. The zero-order chi connectivity index (χ0) is 15.4. The summed E-state index contributed by atoms with van der Waals surface area (Å²) in [7, 11) is 0. The second-order valence-corrected chi connectivity index (χ2v) is 5.68. The Morgan fingerprint density at radius 1 is 1.19 bits per heavy atom. The van der Waals surface area contributed by atoms with Gasteiger partial charge in [-0.1, -0.05) is 29.8 Å². The maximum atomic E-state index is 9.97. The van der Waals surface area contributed by atoms with Crippen LogP contribution in [0.3, 0.4) is 0 Å². The average Bonchev–Trinajstić information content (AvgIpc) is 2.46. The number of halogens is 1. The van der Waals surface area contributed by atoms with Crippen LogP contribution in [-0.2, 0) is 6.61 Å². The van der Waals surface area contributed by atoms with E-state index in [-0.39, 0.29) is 6.04 Å². The summed E-state index contributed by atoms with van der Waals surface area (Å²) in [5.41, 5.74) is 8.55. The second-order valence-electron chi connectivity index (χ2n) is 5.24. The first-order valence-corrected chi connectivity index (χ1v) is 7.26. The van der Waals surface area contributed by atoms with Crippen molar-refractivity contribution in [2.75, 3.05) is 0 Å². The lowest BCUT2D eigenvalue weighted by Gasteiger charge is -2.17. The van der Waals surface area contributed by atoms with Crippen molar-refractivity contribution >= 4 is 11.6 Å². The van der Waals surface area contributed by atoms with Crippen molar-refractivity contribution in [1.29, 1.82) is 0 Å². The third-order valence-electron chi connectivity index (χ3n) is 3.35. The molecule has 2 unspecified atom stereocenters. The van der Waals surface area contributed by atoms with Crippen molar-refractivity contribution in [3.63, 3.8) is 0 Å². The molecule has 0 spiro atoms. The fourth-order valence-corrected chi connectivity index (χ4v) is 2.19. The Morgan fingerprint density at radius 3 is 2.43 bits per heavy atom. The minimum absolute atomic E-state index is 0.301. The highest BCUT2D eigenvalue weighted by atomic mass is 35.5. The van der Waals surface area contributed by atoms with Gasteiger partial charge in [-0.2, -0.15) is 0 Å². The van der Waals surface area contributed by atoms with Crippen molar-refractivity contribution in [1.82, 2.24) is 0 Å². The molecule has 21 heavy (non-hydrogen) atoms. The van der Waals surface area contributed by atoms with Gasteiger partial charge in [0.15, 0.2) is 0 Å². The molecule has 0 aliphatic carbocycles. The fraction of sp³-hybridized carbons (Fsp3) is 0.294. The smallest absolute Gasteiger partial charge is 0.122 e. The molecule has 2 atom stereocenters. The number of benzene rings is 2. The lowest BCUT2D eigenvalue weighted by Crippen LogP contribution is -2.24. The first-order chi connectivity index (χ1) is 9.97. The molecule has 0 saturated heterocycles. The zero-order valence-electron chi connectivity index (χ0n) is 12.2. The van der Waals surface area contributed by atoms with E-state index in [0.29, 0.717) is 11.6 Å². The van der Waals surface area contributed by atoms with Gasteiger partial charge in [-0.3, -0.25) is 0 Å². The summed E-state index contributed by atoms with van der Waals surface area (Å²) >= 11 is 5.85. The number of hydrogen-bond acceptors (Lipinski definition) is 3. The van der Waals surface area contributed by atoms with Gasteiger partial charge in [-0.25, -0.2) is 0 Å². The summed E-state index contributed by atoms with van der Waals surface area (Å²) in [5.74, 6) is 0.797. The molecule has 112 valence electrons. The van der Waals surface area contributed by atoms with Crippen molar-refractivity contribution in [3.8, 4) is 5.75 Å². The van der Waals surface area contributed by atoms with Crippen molar-refractivity contribution in [3.05, 3.63) is 64.2 Å². The van der Waals surface area contributed by atoms with Gasteiger partial charge in [-0.15, -0.1) is 0 Å². The van der Waals surface area contributed by atoms with E-state index in [9.17, 15) is 5.11 Å². The zero-order valence-corrected chi connectivity index (χ0v) is 13.0. The van der Waals surface area contributed by atoms with Crippen LogP contribution < -0.4 is 10.5 Å². The van der Waals surface area contributed by atoms with Gasteiger partial charge in [0.05, 0.1) is 6.10 Å². The average molecular weight is 306 g/mol.